The highest BCUT2D eigenvalue weighted by Crippen LogP contribution is 2.26. The van der Waals surface area contributed by atoms with Crippen molar-refractivity contribution in [3.8, 4) is 0 Å². The van der Waals surface area contributed by atoms with E-state index in [-0.39, 0.29) is 7.58 Å². The molecule has 0 aliphatic rings. The number of carbonyl (C=O) groups is 2. The van der Waals surface area contributed by atoms with Gasteiger partial charge in [0, 0.05) is 56.3 Å². The molecule has 16 heavy (non-hydrogen) atoms. The summed E-state index contributed by atoms with van der Waals surface area (Å²) in [5, 5.41) is 1.67. The van der Waals surface area contributed by atoms with E-state index in [1.807, 2.05) is 24.3 Å². The van der Waals surface area contributed by atoms with Crippen LogP contribution in [0.15, 0.2) is 36.4 Å². The maximum Gasteiger partial charge on any atom is 0.223 e. The first-order valence-electron chi connectivity index (χ1n) is 4.52. The Morgan fingerprint density at radius 2 is 1.12 bits per heavy atom. The third kappa shape index (κ3) is 2.13. The van der Waals surface area contributed by atoms with Crippen molar-refractivity contribution in [1.29, 1.82) is 0 Å². The number of carbonyl (C=O) groups excluding carboxylic acids is 2. The average Bonchev–Trinajstić information content (AvgIpc) is 2.27. The molecule has 0 saturated heterocycles. The second kappa shape index (κ2) is 4.79. The maximum absolute atomic E-state index is 11.4. The van der Waals surface area contributed by atoms with Crippen molar-refractivity contribution >= 4 is 63.5 Å². The van der Waals surface area contributed by atoms with Gasteiger partial charge in [0.15, 0.2) is 0 Å². The molecule has 0 aliphatic heterocycles. The number of rotatable bonds is 2. The molecular formula is C12H6I2O2. The molecule has 0 heterocycles. The van der Waals surface area contributed by atoms with Crippen molar-refractivity contribution in [2.75, 3.05) is 0 Å². The Hall–Kier alpha value is -0.500. The standard InChI is InChI=1S/C12H6I2O2/c13-11(15)9-5-6-10(12(14)16)8-4-2-1-3-7(8)9/h1-6H. The second-order valence-corrected chi connectivity index (χ2v) is 5.21. The third-order valence-corrected chi connectivity index (χ3v) is 3.51. The largest absolute Gasteiger partial charge is 0.282 e. The minimum absolute atomic E-state index is 0.0127. The fourth-order valence-electron chi connectivity index (χ4n) is 1.64. The smallest absolute Gasteiger partial charge is 0.223 e. The lowest BCUT2D eigenvalue weighted by Gasteiger charge is -2.05. The molecule has 2 aromatic rings. The maximum atomic E-state index is 11.4. The van der Waals surface area contributed by atoms with Crippen LogP contribution >= 0.6 is 45.2 Å². The molecule has 0 unspecified atom stereocenters. The molecule has 0 spiro atoms. The average molecular weight is 436 g/mol. The summed E-state index contributed by atoms with van der Waals surface area (Å²) in [6.45, 7) is 0. The summed E-state index contributed by atoms with van der Waals surface area (Å²) in [6.07, 6.45) is 0. The van der Waals surface area contributed by atoms with Crippen molar-refractivity contribution in [2.45, 2.75) is 0 Å². The molecule has 80 valence electrons. The first kappa shape index (κ1) is 12.0. The van der Waals surface area contributed by atoms with Gasteiger partial charge in [-0.3, -0.25) is 9.59 Å². The summed E-state index contributed by atoms with van der Waals surface area (Å²) in [6, 6.07) is 10.9. The molecule has 0 aromatic heterocycles. The number of fused-ring (bicyclic) bond motifs is 1. The Labute approximate surface area is 120 Å². The molecule has 0 saturated carbocycles. The van der Waals surface area contributed by atoms with Gasteiger partial charge in [0.25, 0.3) is 0 Å². The number of benzene rings is 2. The fraction of sp³-hybridized carbons (Fsp3) is 0. The summed E-state index contributed by atoms with van der Waals surface area (Å²) in [4.78, 5) is 22.9. The third-order valence-electron chi connectivity index (χ3n) is 2.35. The van der Waals surface area contributed by atoms with Crippen LogP contribution in [0.25, 0.3) is 10.8 Å². The lowest BCUT2D eigenvalue weighted by molar-refractivity contribution is 0.109. The topological polar surface area (TPSA) is 34.1 Å². The number of hydrogen-bond acceptors (Lipinski definition) is 2. The van der Waals surface area contributed by atoms with Gasteiger partial charge in [-0.2, -0.15) is 0 Å². The Balaban J connectivity index is 2.87. The summed E-state index contributed by atoms with van der Waals surface area (Å²) >= 11 is 3.52. The van der Waals surface area contributed by atoms with Crippen molar-refractivity contribution in [2.24, 2.45) is 0 Å². The Bertz CT molecular complexity index is 538. The summed E-state index contributed by atoms with van der Waals surface area (Å²) in [5.74, 6) is 0. The van der Waals surface area contributed by atoms with Crippen LogP contribution < -0.4 is 0 Å². The molecule has 4 heteroatoms. The van der Waals surface area contributed by atoms with Crippen LogP contribution in [0, 0.1) is 0 Å². The highest BCUT2D eigenvalue weighted by Gasteiger charge is 2.12. The van der Waals surface area contributed by atoms with Crippen LogP contribution in [-0.2, 0) is 0 Å². The predicted molar refractivity (Wildman–Crippen MR) is 80.6 cm³/mol. The van der Waals surface area contributed by atoms with E-state index >= 15 is 0 Å². The Morgan fingerprint density at radius 1 is 0.750 bits per heavy atom. The molecule has 0 aliphatic carbocycles. The van der Waals surface area contributed by atoms with E-state index in [9.17, 15) is 9.59 Å². The van der Waals surface area contributed by atoms with E-state index in [1.165, 1.54) is 0 Å². The zero-order valence-electron chi connectivity index (χ0n) is 8.04. The summed E-state index contributed by atoms with van der Waals surface area (Å²) in [7, 11) is 0. The zero-order chi connectivity index (χ0) is 11.7. The van der Waals surface area contributed by atoms with Gasteiger partial charge in [-0.25, -0.2) is 0 Å². The summed E-state index contributed by atoms with van der Waals surface area (Å²) in [5.41, 5.74) is 1.30. The second-order valence-electron chi connectivity index (χ2n) is 3.25. The van der Waals surface area contributed by atoms with E-state index in [0.29, 0.717) is 11.1 Å². The van der Waals surface area contributed by atoms with E-state index in [2.05, 4.69) is 0 Å². The van der Waals surface area contributed by atoms with E-state index in [0.717, 1.165) is 10.8 Å². The van der Waals surface area contributed by atoms with E-state index in [4.69, 9.17) is 0 Å². The van der Waals surface area contributed by atoms with Gasteiger partial charge in [0.2, 0.25) is 7.58 Å². The van der Waals surface area contributed by atoms with Gasteiger partial charge in [-0.15, -0.1) is 0 Å². The van der Waals surface area contributed by atoms with Gasteiger partial charge >= 0.3 is 0 Å². The lowest BCUT2D eigenvalue weighted by atomic mass is 10.0. The van der Waals surface area contributed by atoms with E-state index in [1.54, 1.807) is 57.3 Å². The molecule has 0 atom stereocenters. The Morgan fingerprint density at radius 3 is 1.44 bits per heavy atom. The molecule has 2 aromatic carbocycles. The molecule has 0 N–H and O–H groups in total. The quantitative estimate of drug-likeness (QED) is 0.528. The first-order chi connectivity index (χ1) is 7.61. The van der Waals surface area contributed by atoms with Crippen molar-refractivity contribution in [1.82, 2.24) is 0 Å². The van der Waals surface area contributed by atoms with Crippen molar-refractivity contribution < 1.29 is 9.59 Å². The Kier molecular flexibility index (Phi) is 3.58. The lowest BCUT2D eigenvalue weighted by Crippen LogP contribution is -1.95. The molecule has 0 fully saturated rings. The number of hydrogen-bond donors (Lipinski definition) is 0. The molecule has 0 bridgehead atoms. The highest BCUT2D eigenvalue weighted by molar-refractivity contribution is 14.1. The highest BCUT2D eigenvalue weighted by atomic mass is 127. The van der Waals surface area contributed by atoms with Crippen LogP contribution in [0.5, 0.6) is 0 Å². The van der Waals surface area contributed by atoms with Gasteiger partial charge in [-0.1, -0.05) is 24.3 Å². The predicted octanol–water partition coefficient (Wildman–Crippen LogP) is 3.99. The molecular weight excluding hydrogens is 430 g/mol. The van der Waals surface area contributed by atoms with Crippen LogP contribution in [0.4, 0.5) is 0 Å². The van der Waals surface area contributed by atoms with Crippen molar-refractivity contribution in [3.05, 3.63) is 47.5 Å². The summed E-state index contributed by atoms with van der Waals surface area (Å²) < 4.78 is -0.0254. The number of halogens is 2. The minimum atomic E-state index is -0.0127. The van der Waals surface area contributed by atoms with Gasteiger partial charge in [-0.05, 0) is 22.9 Å². The van der Waals surface area contributed by atoms with Crippen LogP contribution in [0.3, 0.4) is 0 Å². The van der Waals surface area contributed by atoms with E-state index < -0.39 is 0 Å². The molecule has 2 rings (SSSR count). The van der Waals surface area contributed by atoms with Gasteiger partial charge < -0.3 is 0 Å². The SMILES string of the molecule is O=C(I)c1ccc(C(=O)I)c2ccccc12. The van der Waals surface area contributed by atoms with Gasteiger partial charge in [0.05, 0.1) is 0 Å². The van der Waals surface area contributed by atoms with Crippen LogP contribution in [-0.4, -0.2) is 7.58 Å². The van der Waals surface area contributed by atoms with Gasteiger partial charge in [0.1, 0.15) is 0 Å². The van der Waals surface area contributed by atoms with Crippen LogP contribution in [0.2, 0.25) is 0 Å². The monoisotopic (exact) mass is 436 g/mol. The molecule has 2 nitrogen and oxygen atoms in total. The van der Waals surface area contributed by atoms with Crippen LogP contribution in [0.1, 0.15) is 20.7 Å². The first-order valence-corrected chi connectivity index (χ1v) is 6.68. The fourth-order valence-corrected chi connectivity index (χ4v) is 2.58. The van der Waals surface area contributed by atoms with Crippen molar-refractivity contribution in [3.63, 3.8) is 0 Å². The minimum Gasteiger partial charge on any atom is -0.282 e. The normalized spacial score (nSPS) is 10.4. The molecule has 0 radical (unpaired) electrons. The molecule has 0 amide bonds. The zero-order valence-corrected chi connectivity index (χ0v) is 12.4.